The van der Waals surface area contributed by atoms with Crippen molar-refractivity contribution in [3.8, 4) is 0 Å². The van der Waals surface area contributed by atoms with E-state index in [1.807, 2.05) is 0 Å². The van der Waals surface area contributed by atoms with Crippen molar-refractivity contribution in [2.24, 2.45) is 29.6 Å². The fraction of sp³-hybridized carbons (Fsp3) is 1.00. The average Bonchev–Trinajstić information content (AvgIpc) is 2.66. The molecule has 3 aliphatic carbocycles. The number of hydrogen-bond acceptors (Lipinski definition) is 0. The Bertz CT molecular complexity index is 196. The van der Waals surface area contributed by atoms with E-state index in [0.29, 0.717) is 0 Å². The van der Waals surface area contributed by atoms with E-state index in [0.717, 1.165) is 23.7 Å². The molecule has 0 aliphatic heterocycles. The molecule has 0 radical (unpaired) electrons. The standard InChI is InChI=1S/C13H22/c1-9-8-10-4-2-6-12(10)13-7-3-5-11(9)13/h9-13H,2-8H2,1H3. The highest BCUT2D eigenvalue weighted by Crippen LogP contribution is 2.55. The van der Waals surface area contributed by atoms with Crippen LogP contribution in [-0.4, -0.2) is 0 Å². The summed E-state index contributed by atoms with van der Waals surface area (Å²) in [5.74, 6) is 5.68. The Balaban J connectivity index is 1.84. The molecule has 0 nitrogen and oxygen atoms in total. The van der Waals surface area contributed by atoms with E-state index in [1.54, 1.807) is 44.9 Å². The Morgan fingerprint density at radius 2 is 1.46 bits per heavy atom. The molecule has 5 atom stereocenters. The molecule has 5 unspecified atom stereocenters. The predicted molar refractivity (Wildman–Crippen MR) is 55.4 cm³/mol. The Hall–Kier alpha value is 0. The van der Waals surface area contributed by atoms with Gasteiger partial charge in [-0.05, 0) is 55.3 Å². The van der Waals surface area contributed by atoms with Crippen molar-refractivity contribution < 1.29 is 0 Å². The second-order valence-corrected chi connectivity index (χ2v) is 5.83. The summed E-state index contributed by atoms with van der Waals surface area (Å²) in [7, 11) is 0. The van der Waals surface area contributed by atoms with Crippen LogP contribution in [0.15, 0.2) is 0 Å². The molecule has 0 heterocycles. The maximum absolute atomic E-state index is 2.53. The van der Waals surface area contributed by atoms with Gasteiger partial charge in [0.05, 0.1) is 0 Å². The van der Waals surface area contributed by atoms with Gasteiger partial charge in [-0.2, -0.15) is 0 Å². The van der Waals surface area contributed by atoms with Gasteiger partial charge in [0.25, 0.3) is 0 Å². The van der Waals surface area contributed by atoms with Crippen molar-refractivity contribution in [3.63, 3.8) is 0 Å². The van der Waals surface area contributed by atoms with Gasteiger partial charge >= 0.3 is 0 Å². The van der Waals surface area contributed by atoms with Crippen LogP contribution in [0.3, 0.4) is 0 Å². The first-order chi connectivity index (χ1) is 6.36. The molecular formula is C13H22. The van der Waals surface area contributed by atoms with Crippen molar-refractivity contribution in [2.45, 2.75) is 51.9 Å². The third-order valence-electron chi connectivity index (χ3n) is 5.30. The zero-order chi connectivity index (χ0) is 8.84. The van der Waals surface area contributed by atoms with E-state index < -0.39 is 0 Å². The van der Waals surface area contributed by atoms with Gasteiger partial charge in [0.15, 0.2) is 0 Å². The van der Waals surface area contributed by atoms with Crippen LogP contribution in [0.2, 0.25) is 0 Å². The summed E-state index contributed by atoms with van der Waals surface area (Å²) < 4.78 is 0. The topological polar surface area (TPSA) is 0 Å². The van der Waals surface area contributed by atoms with E-state index in [4.69, 9.17) is 0 Å². The van der Waals surface area contributed by atoms with Gasteiger partial charge < -0.3 is 0 Å². The van der Waals surface area contributed by atoms with Crippen LogP contribution in [0, 0.1) is 29.6 Å². The maximum atomic E-state index is 2.53. The molecule has 0 N–H and O–H groups in total. The van der Waals surface area contributed by atoms with E-state index in [9.17, 15) is 0 Å². The monoisotopic (exact) mass is 178 g/mol. The molecule has 74 valence electrons. The Kier molecular flexibility index (Phi) is 1.92. The molecule has 3 fully saturated rings. The Labute approximate surface area is 82.1 Å². The molecule has 0 aromatic heterocycles. The molecule has 0 aromatic carbocycles. The molecule has 0 spiro atoms. The van der Waals surface area contributed by atoms with Crippen molar-refractivity contribution in [3.05, 3.63) is 0 Å². The summed E-state index contributed by atoms with van der Waals surface area (Å²) >= 11 is 0. The van der Waals surface area contributed by atoms with Gasteiger partial charge in [-0.25, -0.2) is 0 Å². The smallest absolute Gasteiger partial charge is 0.0352 e. The molecule has 3 saturated carbocycles. The predicted octanol–water partition coefficient (Wildman–Crippen LogP) is 3.86. The maximum Gasteiger partial charge on any atom is -0.0352 e. The van der Waals surface area contributed by atoms with Crippen LogP contribution in [0.1, 0.15) is 51.9 Å². The third kappa shape index (κ3) is 1.17. The van der Waals surface area contributed by atoms with Crippen LogP contribution >= 0.6 is 0 Å². The fourth-order valence-electron chi connectivity index (χ4n) is 4.83. The van der Waals surface area contributed by atoms with Crippen molar-refractivity contribution in [2.75, 3.05) is 0 Å². The third-order valence-corrected chi connectivity index (χ3v) is 5.30. The summed E-state index contributed by atoms with van der Waals surface area (Å²) in [6, 6.07) is 0. The first-order valence-corrected chi connectivity index (χ1v) is 6.36. The number of rotatable bonds is 0. The highest BCUT2D eigenvalue weighted by atomic mass is 14.5. The van der Waals surface area contributed by atoms with Crippen molar-refractivity contribution >= 4 is 0 Å². The van der Waals surface area contributed by atoms with Crippen molar-refractivity contribution in [1.82, 2.24) is 0 Å². The molecule has 0 aromatic rings. The Morgan fingerprint density at radius 3 is 2.38 bits per heavy atom. The lowest BCUT2D eigenvalue weighted by molar-refractivity contribution is 0.0853. The van der Waals surface area contributed by atoms with Crippen LogP contribution in [-0.2, 0) is 0 Å². The molecule has 0 bridgehead atoms. The van der Waals surface area contributed by atoms with Crippen molar-refractivity contribution in [1.29, 1.82) is 0 Å². The molecule has 0 amide bonds. The Morgan fingerprint density at radius 1 is 0.769 bits per heavy atom. The summed E-state index contributed by atoms with van der Waals surface area (Å²) in [5.41, 5.74) is 0. The largest absolute Gasteiger partial charge is 0.0622 e. The SMILES string of the molecule is CC1CC2CCCC2C2CCCC12. The lowest BCUT2D eigenvalue weighted by atomic mass is 9.65. The minimum Gasteiger partial charge on any atom is -0.0622 e. The van der Waals surface area contributed by atoms with Crippen LogP contribution in [0.4, 0.5) is 0 Å². The summed E-state index contributed by atoms with van der Waals surface area (Å²) in [6.45, 7) is 2.53. The number of hydrogen-bond donors (Lipinski definition) is 0. The molecular weight excluding hydrogens is 156 g/mol. The van der Waals surface area contributed by atoms with E-state index >= 15 is 0 Å². The summed E-state index contributed by atoms with van der Waals surface area (Å²) in [5, 5.41) is 0. The second-order valence-electron chi connectivity index (χ2n) is 5.83. The van der Waals surface area contributed by atoms with Gasteiger partial charge in [0.2, 0.25) is 0 Å². The normalized spacial score (nSPS) is 54.7. The zero-order valence-electron chi connectivity index (χ0n) is 8.84. The minimum atomic E-state index is 1.06. The van der Waals surface area contributed by atoms with E-state index in [-0.39, 0.29) is 0 Å². The van der Waals surface area contributed by atoms with Crippen LogP contribution in [0.5, 0.6) is 0 Å². The first kappa shape index (κ1) is 8.32. The van der Waals surface area contributed by atoms with Crippen LogP contribution in [0.25, 0.3) is 0 Å². The molecule has 3 rings (SSSR count). The second kappa shape index (κ2) is 3.00. The van der Waals surface area contributed by atoms with Crippen LogP contribution < -0.4 is 0 Å². The fourth-order valence-corrected chi connectivity index (χ4v) is 4.83. The first-order valence-electron chi connectivity index (χ1n) is 6.36. The summed E-state index contributed by atoms with van der Waals surface area (Å²) in [4.78, 5) is 0. The van der Waals surface area contributed by atoms with Gasteiger partial charge in [0.1, 0.15) is 0 Å². The van der Waals surface area contributed by atoms with Gasteiger partial charge in [-0.3, -0.25) is 0 Å². The van der Waals surface area contributed by atoms with E-state index in [2.05, 4.69) is 6.92 Å². The number of fused-ring (bicyclic) bond motifs is 3. The van der Waals surface area contributed by atoms with Gasteiger partial charge in [-0.1, -0.05) is 26.2 Å². The lowest BCUT2D eigenvalue weighted by Crippen LogP contribution is -2.33. The van der Waals surface area contributed by atoms with E-state index in [1.165, 1.54) is 5.92 Å². The highest BCUT2D eigenvalue weighted by Gasteiger charge is 2.46. The molecule has 3 aliphatic rings. The van der Waals surface area contributed by atoms with Gasteiger partial charge in [0, 0.05) is 0 Å². The highest BCUT2D eigenvalue weighted by molar-refractivity contribution is 4.96. The van der Waals surface area contributed by atoms with Gasteiger partial charge in [-0.15, -0.1) is 0 Å². The quantitative estimate of drug-likeness (QED) is 0.528. The molecule has 0 saturated heterocycles. The molecule has 0 heteroatoms. The summed E-state index contributed by atoms with van der Waals surface area (Å²) in [6.07, 6.45) is 11.0. The lowest BCUT2D eigenvalue weighted by Gasteiger charge is -2.40. The average molecular weight is 178 g/mol. The zero-order valence-corrected chi connectivity index (χ0v) is 8.84. The molecule has 13 heavy (non-hydrogen) atoms. The minimum absolute atomic E-state index is 1.06.